The average Bonchev–Trinajstić information content (AvgIpc) is 2.52. The summed E-state index contributed by atoms with van der Waals surface area (Å²) in [4.78, 5) is 35.5. The number of ether oxygens (including phenoxy) is 2. The standard InChI is InChI=1S/C17H23NO5/c1-4-22-16(20)15(17(21)23-5-2)18-14(19)11-10-13-8-6-12(3)7-9-13/h6-9,15H,4-5,10-11H2,1-3H3,(H,18,19). The minimum atomic E-state index is -1.42. The van der Waals surface area contributed by atoms with E-state index in [0.29, 0.717) is 6.42 Å². The molecule has 0 spiro atoms. The first kappa shape index (κ1) is 18.7. The molecule has 0 aromatic heterocycles. The molecular formula is C17H23NO5. The van der Waals surface area contributed by atoms with Crippen LogP contribution in [0.25, 0.3) is 0 Å². The molecule has 0 fully saturated rings. The molecule has 0 saturated carbocycles. The lowest BCUT2D eigenvalue weighted by molar-refractivity contribution is -0.159. The highest BCUT2D eigenvalue weighted by Gasteiger charge is 2.30. The fourth-order valence-corrected chi connectivity index (χ4v) is 1.91. The molecule has 1 rings (SSSR count). The Labute approximate surface area is 136 Å². The molecule has 0 bridgehead atoms. The summed E-state index contributed by atoms with van der Waals surface area (Å²) in [5, 5.41) is 2.38. The van der Waals surface area contributed by atoms with Crippen molar-refractivity contribution in [2.75, 3.05) is 13.2 Å². The Morgan fingerprint density at radius 1 is 1.00 bits per heavy atom. The predicted octanol–water partition coefficient (Wildman–Crippen LogP) is 1.54. The fourth-order valence-electron chi connectivity index (χ4n) is 1.91. The lowest BCUT2D eigenvalue weighted by Crippen LogP contribution is -2.48. The van der Waals surface area contributed by atoms with E-state index < -0.39 is 23.9 Å². The largest absolute Gasteiger partial charge is 0.464 e. The van der Waals surface area contributed by atoms with Crippen molar-refractivity contribution in [2.24, 2.45) is 0 Å². The summed E-state index contributed by atoms with van der Waals surface area (Å²) in [7, 11) is 0. The van der Waals surface area contributed by atoms with Gasteiger partial charge in [-0.15, -0.1) is 0 Å². The minimum absolute atomic E-state index is 0.119. The van der Waals surface area contributed by atoms with Gasteiger partial charge in [-0.3, -0.25) is 4.79 Å². The Morgan fingerprint density at radius 2 is 1.52 bits per heavy atom. The van der Waals surface area contributed by atoms with Gasteiger partial charge in [-0.25, -0.2) is 9.59 Å². The van der Waals surface area contributed by atoms with Gasteiger partial charge in [-0.2, -0.15) is 0 Å². The number of nitrogens with one attached hydrogen (secondary N) is 1. The van der Waals surface area contributed by atoms with Gasteiger partial charge < -0.3 is 14.8 Å². The number of benzene rings is 1. The Bertz CT molecular complexity index is 520. The fraction of sp³-hybridized carbons (Fsp3) is 0.471. The lowest BCUT2D eigenvalue weighted by Gasteiger charge is -2.15. The van der Waals surface area contributed by atoms with Gasteiger partial charge in [0.15, 0.2) is 0 Å². The van der Waals surface area contributed by atoms with Crippen LogP contribution in [0.4, 0.5) is 0 Å². The monoisotopic (exact) mass is 321 g/mol. The molecule has 0 heterocycles. The Morgan fingerprint density at radius 3 is 2.00 bits per heavy atom. The van der Waals surface area contributed by atoms with Crippen molar-refractivity contribution in [3.63, 3.8) is 0 Å². The van der Waals surface area contributed by atoms with E-state index in [2.05, 4.69) is 5.32 Å². The lowest BCUT2D eigenvalue weighted by atomic mass is 10.1. The molecule has 1 aromatic carbocycles. The maximum atomic E-state index is 12.0. The third-order valence-corrected chi connectivity index (χ3v) is 3.11. The first-order chi connectivity index (χ1) is 11.0. The summed E-state index contributed by atoms with van der Waals surface area (Å²) in [5.74, 6) is -2.03. The highest BCUT2D eigenvalue weighted by molar-refractivity contribution is 6.02. The highest BCUT2D eigenvalue weighted by atomic mass is 16.6. The van der Waals surface area contributed by atoms with Crippen molar-refractivity contribution in [3.8, 4) is 0 Å². The van der Waals surface area contributed by atoms with Crippen LogP contribution in [-0.4, -0.2) is 37.1 Å². The van der Waals surface area contributed by atoms with Crippen LogP contribution in [0, 0.1) is 6.92 Å². The maximum absolute atomic E-state index is 12.0. The van der Waals surface area contributed by atoms with Gasteiger partial charge in [0.2, 0.25) is 11.9 Å². The van der Waals surface area contributed by atoms with E-state index in [4.69, 9.17) is 9.47 Å². The van der Waals surface area contributed by atoms with Crippen molar-refractivity contribution < 1.29 is 23.9 Å². The first-order valence-electron chi connectivity index (χ1n) is 7.66. The van der Waals surface area contributed by atoms with E-state index in [9.17, 15) is 14.4 Å². The van der Waals surface area contributed by atoms with Crippen molar-refractivity contribution in [2.45, 2.75) is 39.7 Å². The van der Waals surface area contributed by atoms with Gasteiger partial charge >= 0.3 is 11.9 Å². The number of hydrogen-bond acceptors (Lipinski definition) is 5. The molecule has 0 radical (unpaired) electrons. The molecule has 0 aliphatic rings. The van der Waals surface area contributed by atoms with Crippen LogP contribution in [0.1, 0.15) is 31.4 Å². The highest BCUT2D eigenvalue weighted by Crippen LogP contribution is 2.06. The number of amides is 1. The predicted molar refractivity (Wildman–Crippen MR) is 84.7 cm³/mol. The zero-order valence-corrected chi connectivity index (χ0v) is 13.8. The smallest absolute Gasteiger partial charge is 0.340 e. The Balaban J connectivity index is 2.59. The van der Waals surface area contributed by atoms with Gasteiger partial charge in [0, 0.05) is 6.42 Å². The van der Waals surface area contributed by atoms with Crippen LogP contribution in [0.15, 0.2) is 24.3 Å². The molecule has 126 valence electrons. The SMILES string of the molecule is CCOC(=O)C(NC(=O)CCc1ccc(C)cc1)C(=O)OCC. The molecule has 0 atom stereocenters. The number of rotatable bonds is 8. The molecule has 1 amide bonds. The van der Waals surface area contributed by atoms with E-state index in [1.165, 1.54) is 0 Å². The van der Waals surface area contributed by atoms with Gasteiger partial charge in [0.25, 0.3) is 0 Å². The van der Waals surface area contributed by atoms with E-state index in [-0.39, 0.29) is 19.6 Å². The number of carbonyl (C=O) groups is 3. The molecule has 6 nitrogen and oxygen atoms in total. The number of hydrogen-bond donors (Lipinski definition) is 1. The topological polar surface area (TPSA) is 81.7 Å². The summed E-state index contributed by atoms with van der Waals surface area (Å²) >= 11 is 0. The van der Waals surface area contributed by atoms with Crippen LogP contribution in [-0.2, 0) is 30.3 Å². The molecule has 0 aliphatic carbocycles. The van der Waals surface area contributed by atoms with Gasteiger partial charge in [0.05, 0.1) is 13.2 Å². The molecule has 0 saturated heterocycles. The molecular weight excluding hydrogens is 298 g/mol. The second-order valence-corrected chi connectivity index (χ2v) is 4.99. The van der Waals surface area contributed by atoms with E-state index in [1.807, 2.05) is 31.2 Å². The van der Waals surface area contributed by atoms with Crippen molar-refractivity contribution >= 4 is 17.8 Å². The van der Waals surface area contributed by atoms with E-state index in [1.54, 1.807) is 13.8 Å². The summed E-state index contributed by atoms with van der Waals surface area (Å²) in [6.45, 7) is 5.47. The first-order valence-corrected chi connectivity index (χ1v) is 7.66. The van der Waals surface area contributed by atoms with Crippen LogP contribution in [0.3, 0.4) is 0 Å². The van der Waals surface area contributed by atoms with Crippen LogP contribution >= 0.6 is 0 Å². The summed E-state index contributed by atoms with van der Waals surface area (Å²) in [6.07, 6.45) is 0.683. The van der Waals surface area contributed by atoms with Crippen LogP contribution in [0.5, 0.6) is 0 Å². The van der Waals surface area contributed by atoms with Crippen LogP contribution < -0.4 is 5.32 Å². The molecule has 0 unspecified atom stereocenters. The summed E-state index contributed by atoms with van der Waals surface area (Å²) < 4.78 is 9.59. The van der Waals surface area contributed by atoms with Crippen molar-refractivity contribution in [3.05, 3.63) is 35.4 Å². The normalized spacial score (nSPS) is 10.3. The van der Waals surface area contributed by atoms with Crippen LogP contribution in [0.2, 0.25) is 0 Å². The minimum Gasteiger partial charge on any atom is -0.464 e. The number of carbonyl (C=O) groups excluding carboxylic acids is 3. The second kappa shape index (κ2) is 9.61. The zero-order chi connectivity index (χ0) is 17.2. The van der Waals surface area contributed by atoms with Crippen molar-refractivity contribution in [1.29, 1.82) is 0 Å². The number of esters is 2. The molecule has 6 heteroatoms. The van der Waals surface area contributed by atoms with Gasteiger partial charge in [0.1, 0.15) is 0 Å². The summed E-state index contributed by atoms with van der Waals surface area (Å²) in [6, 6.07) is 6.40. The second-order valence-electron chi connectivity index (χ2n) is 4.99. The Hall–Kier alpha value is -2.37. The van der Waals surface area contributed by atoms with E-state index in [0.717, 1.165) is 11.1 Å². The third kappa shape index (κ3) is 6.50. The van der Waals surface area contributed by atoms with Gasteiger partial charge in [-0.05, 0) is 32.8 Å². The zero-order valence-electron chi connectivity index (χ0n) is 13.8. The third-order valence-electron chi connectivity index (χ3n) is 3.11. The van der Waals surface area contributed by atoms with E-state index >= 15 is 0 Å². The average molecular weight is 321 g/mol. The molecule has 23 heavy (non-hydrogen) atoms. The molecule has 1 aromatic rings. The maximum Gasteiger partial charge on any atom is 0.340 e. The Kier molecular flexibility index (Phi) is 7.80. The van der Waals surface area contributed by atoms with Gasteiger partial charge in [-0.1, -0.05) is 29.8 Å². The summed E-state index contributed by atoms with van der Waals surface area (Å²) in [5.41, 5.74) is 2.15. The molecule has 0 aliphatic heterocycles. The quantitative estimate of drug-likeness (QED) is 0.580. The molecule has 1 N–H and O–H groups in total. The van der Waals surface area contributed by atoms with Crippen molar-refractivity contribution in [1.82, 2.24) is 5.32 Å². The number of aryl methyl sites for hydroxylation is 2.